The van der Waals surface area contributed by atoms with Gasteiger partial charge in [-0.2, -0.15) is 0 Å². The van der Waals surface area contributed by atoms with Crippen LogP contribution in [0.25, 0.3) is 0 Å². The van der Waals surface area contributed by atoms with E-state index in [1.54, 1.807) is 13.2 Å². The molecule has 0 aromatic heterocycles. The lowest BCUT2D eigenvalue weighted by Crippen LogP contribution is -2.47. The number of likely N-dealkylation sites (N-methyl/N-ethyl adjacent to an activating group) is 1. The van der Waals surface area contributed by atoms with Crippen LogP contribution >= 0.6 is 0 Å². The molecule has 5 heteroatoms. The zero-order valence-electron chi connectivity index (χ0n) is 11.4. The van der Waals surface area contributed by atoms with Crippen molar-refractivity contribution in [1.29, 1.82) is 0 Å². The van der Waals surface area contributed by atoms with Crippen LogP contribution in [-0.4, -0.2) is 54.6 Å². The van der Waals surface area contributed by atoms with Gasteiger partial charge in [-0.15, -0.1) is 0 Å². The molecule has 0 fully saturated rings. The van der Waals surface area contributed by atoms with Crippen molar-refractivity contribution in [2.75, 3.05) is 33.4 Å². The van der Waals surface area contributed by atoms with Gasteiger partial charge in [0.1, 0.15) is 24.2 Å². The standard InChI is InChI=1S/C14H21NO4/c1-3-15(6-7-16)12-9-19-13-5-4-10(18-2)8-11(13)14(12)17/h4-5,8,12,14,16-17H,3,6-7,9H2,1-2H3. The van der Waals surface area contributed by atoms with Crippen LogP contribution in [0.5, 0.6) is 11.5 Å². The zero-order valence-corrected chi connectivity index (χ0v) is 11.4. The third-order valence-corrected chi connectivity index (χ3v) is 3.57. The van der Waals surface area contributed by atoms with Crippen LogP contribution in [0, 0.1) is 0 Å². The molecule has 2 atom stereocenters. The van der Waals surface area contributed by atoms with Gasteiger partial charge < -0.3 is 19.7 Å². The number of methoxy groups -OCH3 is 1. The molecule has 1 aliphatic rings. The molecule has 5 nitrogen and oxygen atoms in total. The van der Waals surface area contributed by atoms with Crippen LogP contribution in [0.3, 0.4) is 0 Å². The van der Waals surface area contributed by atoms with Crippen LogP contribution in [0.2, 0.25) is 0 Å². The van der Waals surface area contributed by atoms with Gasteiger partial charge in [-0.3, -0.25) is 4.90 Å². The van der Waals surface area contributed by atoms with E-state index in [1.807, 2.05) is 24.0 Å². The normalized spacial score (nSPS) is 21.9. The quantitative estimate of drug-likeness (QED) is 0.826. The molecule has 0 spiro atoms. The van der Waals surface area contributed by atoms with Crippen molar-refractivity contribution < 1.29 is 19.7 Å². The molecular weight excluding hydrogens is 246 g/mol. The largest absolute Gasteiger partial charge is 0.497 e. The van der Waals surface area contributed by atoms with Crippen molar-refractivity contribution in [3.8, 4) is 11.5 Å². The van der Waals surface area contributed by atoms with Gasteiger partial charge in [-0.1, -0.05) is 6.92 Å². The van der Waals surface area contributed by atoms with Gasteiger partial charge in [-0.05, 0) is 24.7 Å². The molecule has 2 rings (SSSR count). The summed E-state index contributed by atoms with van der Waals surface area (Å²) in [6.07, 6.45) is -0.634. The van der Waals surface area contributed by atoms with Gasteiger partial charge in [-0.25, -0.2) is 0 Å². The van der Waals surface area contributed by atoms with E-state index in [-0.39, 0.29) is 12.6 Å². The minimum absolute atomic E-state index is 0.0715. The molecule has 1 aromatic rings. The van der Waals surface area contributed by atoms with E-state index in [0.29, 0.717) is 24.7 Å². The van der Waals surface area contributed by atoms with E-state index in [4.69, 9.17) is 14.6 Å². The molecule has 0 amide bonds. The van der Waals surface area contributed by atoms with E-state index >= 15 is 0 Å². The van der Waals surface area contributed by atoms with Crippen molar-refractivity contribution >= 4 is 0 Å². The highest BCUT2D eigenvalue weighted by Crippen LogP contribution is 2.36. The molecule has 0 aliphatic carbocycles. The maximum atomic E-state index is 10.5. The third-order valence-electron chi connectivity index (χ3n) is 3.57. The van der Waals surface area contributed by atoms with Crippen LogP contribution in [0.4, 0.5) is 0 Å². The summed E-state index contributed by atoms with van der Waals surface area (Å²) in [5.41, 5.74) is 0.743. The number of rotatable bonds is 5. The van der Waals surface area contributed by atoms with Crippen LogP contribution in [0.1, 0.15) is 18.6 Å². The first-order chi connectivity index (χ1) is 9.21. The summed E-state index contributed by atoms with van der Waals surface area (Å²) >= 11 is 0. The molecule has 0 saturated heterocycles. The summed E-state index contributed by atoms with van der Waals surface area (Å²) in [7, 11) is 1.60. The number of aliphatic hydroxyl groups excluding tert-OH is 2. The monoisotopic (exact) mass is 267 g/mol. The van der Waals surface area contributed by atoms with E-state index in [2.05, 4.69) is 0 Å². The fourth-order valence-corrected chi connectivity index (χ4v) is 2.48. The van der Waals surface area contributed by atoms with Gasteiger partial charge in [0.15, 0.2) is 0 Å². The molecule has 106 valence electrons. The number of fused-ring (bicyclic) bond motifs is 1. The fraction of sp³-hybridized carbons (Fsp3) is 0.571. The molecule has 2 N–H and O–H groups in total. The lowest BCUT2D eigenvalue weighted by Gasteiger charge is -2.37. The molecule has 2 unspecified atom stereocenters. The minimum Gasteiger partial charge on any atom is -0.497 e. The number of benzene rings is 1. The maximum Gasteiger partial charge on any atom is 0.125 e. The summed E-state index contributed by atoms with van der Waals surface area (Å²) in [5.74, 6) is 1.40. The van der Waals surface area contributed by atoms with Crippen LogP contribution in [0.15, 0.2) is 18.2 Å². The first-order valence-corrected chi connectivity index (χ1v) is 6.55. The number of hydrogen-bond acceptors (Lipinski definition) is 5. The number of aliphatic hydroxyl groups is 2. The first kappa shape index (κ1) is 14.1. The molecule has 0 saturated carbocycles. The summed E-state index contributed by atoms with van der Waals surface area (Å²) in [6, 6.07) is 5.29. The van der Waals surface area contributed by atoms with E-state index in [0.717, 1.165) is 12.1 Å². The van der Waals surface area contributed by atoms with Crippen molar-refractivity contribution in [3.63, 3.8) is 0 Å². The van der Waals surface area contributed by atoms with Gasteiger partial charge in [0.25, 0.3) is 0 Å². The van der Waals surface area contributed by atoms with Crippen molar-refractivity contribution in [3.05, 3.63) is 23.8 Å². The van der Waals surface area contributed by atoms with Crippen LogP contribution < -0.4 is 9.47 Å². The lowest BCUT2D eigenvalue weighted by atomic mass is 9.97. The topological polar surface area (TPSA) is 62.2 Å². The zero-order chi connectivity index (χ0) is 13.8. The molecule has 1 aromatic carbocycles. The highest BCUT2D eigenvalue weighted by molar-refractivity contribution is 5.43. The number of ether oxygens (including phenoxy) is 2. The summed E-state index contributed by atoms with van der Waals surface area (Å²) in [6.45, 7) is 3.78. The summed E-state index contributed by atoms with van der Waals surface area (Å²) < 4.78 is 10.9. The van der Waals surface area contributed by atoms with Crippen LogP contribution in [-0.2, 0) is 0 Å². The van der Waals surface area contributed by atoms with Gasteiger partial charge >= 0.3 is 0 Å². The van der Waals surface area contributed by atoms with Gasteiger partial charge in [0.05, 0.1) is 19.8 Å². The van der Waals surface area contributed by atoms with Gasteiger partial charge in [0, 0.05) is 12.1 Å². The molecule has 0 bridgehead atoms. The summed E-state index contributed by atoms with van der Waals surface area (Å²) in [4.78, 5) is 2.02. The second-order valence-corrected chi connectivity index (χ2v) is 4.58. The Morgan fingerprint density at radius 2 is 2.26 bits per heavy atom. The highest BCUT2D eigenvalue weighted by Gasteiger charge is 2.33. The Bertz CT molecular complexity index is 424. The Balaban J connectivity index is 2.24. The predicted octanol–water partition coefficient (Wildman–Crippen LogP) is 0.804. The molecule has 19 heavy (non-hydrogen) atoms. The van der Waals surface area contributed by atoms with E-state index < -0.39 is 6.10 Å². The smallest absolute Gasteiger partial charge is 0.125 e. The SMILES string of the molecule is CCN(CCO)C1COc2ccc(OC)cc2C1O. The maximum absolute atomic E-state index is 10.5. The van der Waals surface area contributed by atoms with Crippen molar-refractivity contribution in [2.24, 2.45) is 0 Å². The van der Waals surface area contributed by atoms with Crippen molar-refractivity contribution in [1.82, 2.24) is 4.90 Å². The molecule has 1 aliphatic heterocycles. The third kappa shape index (κ3) is 2.83. The van der Waals surface area contributed by atoms with Gasteiger partial charge in [0.2, 0.25) is 0 Å². The minimum atomic E-state index is -0.634. The lowest BCUT2D eigenvalue weighted by molar-refractivity contribution is -0.000496. The average molecular weight is 267 g/mol. The average Bonchev–Trinajstić information content (AvgIpc) is 2.45. The fourth-order valence-electron chi connectivity index (χ4n) is 2.48. The number of hydrogen-bond donors (Lipinski definition) is 2. The number of nitrogens with zero attached hydrogens (tertiary/aromatic N) is 1. The molecular formula is C14H21NO4. The Kier molecular flexibility index (Phi) is 4.63. The molecule has 0 radical (unpaired) electrons. The first-order valence-electron chi connectivity index (χ1n) is 6.55. The highest BCUT2D eigenvalue weighted by atomic mass is 16.5. The van der Waals surface area contributed by atoms with E-state index in [9.17, 15) is 5.11 Å². The second kappa shape index (κ2) is 6.23. The summed E-state index contributed by atoms with van der Waals surface area (Å²) in [5, 5.41) is 19.6. The predicted molar refractivity (Wildman–Crippen MR) is 71.6 cm³/mol. The van der Waals surface area contributed by atoms with Crippen molar-refractivity contribution in [2.45, 2.75) is 19.1 Å². The Labute approximate surface area is 113 Å². The molecule has 1 heterocycles. The Morgan fingerprint density at radius 1 is 1.47 bits per heavy atom. The van der Waals surface area contributed by atoms with E-state index in [1.165, 1.54) is 0 Å². The Morgan fingerprint density at radius 3 is 2.89 bits per heavy atom. The second-order valence-electron chi connectivity index (χ2n) is 4.58. The Hall–Kier alpha value is -1.30.